The van der Waals surface area contributed by atoms with E-state index in [0.29, 0.717) is 25.8 Å². The van der Waals surface area contributed by atoms with E-state index in [-0.39, 0.29) is 18.1 Å². The van der Waals surface area contributed by atoms with Crippen molar-refractivity contribution in [2.75, 3.05) is 18.6 Å². The summed E-state index contributed by atoms with van der Waals surface area (Å²) in [6.07, 6.45) is 2.60. The largest absolute Gasteiger partial charge is 0.480 e. The van der Waals surface area contributed by atoms with Crippen molar-refractivity contribution in [3.05, 3.63) is 0 Å². The SMILES string of the molecule is CS(=O)(=O)CCC(=O)NCCCC[C@@H](N)C(=O)O. The second kappa shape index (κ2) is 8.04. The molecule has 0 bridgehead atoms. The summed E-state index contributed by atoms with van der Waals surface area (Å²) in [5, 5.41) is 11.1. The van der Waals surface area contributed by atoms with Crippen LogP contribution < -0.4 is 11.1 Å². The highest BCUT2D eigenvalue weighted by Crippen LogP contribution is 1.98. The molecule has 0 heterocycles. The van der Waals surface area contributed by atoms with Gasteiger partial charge in [-0.25, -0.2) is 8.42 Å². The number of hydrogen-bond acceptors (Lipinski definition) is 5. The van der Waals surface area contributed by atoms with Crippen molar-refractivity contribution in [2.45, 2.75) is 31.7 Å². The molecule has 7 nitrogen and oxygen atoms in total. The summed E-state index contributed by atoms with van der Waals surface area (Å²) < 4.78 is 21.6. The molecule has 1 amide bonds. The van der Waals surface area contributed by atoms with Crippen LogP contribution in [0, 0.1) is 0 Å². The number of amides is 1. The van der Waals surface area contributed by atoms with E-state index in [9.17, 15) is 18.0 Å². The fraction of sp³-hybridized carbons (Fsp3) is 0.800. The Morgan fingerprint density at radius 1 is 1.33 bits per heavy atom. The predicted molar refractivity (Wildman–Crippen MR) is 66.8 cm³/mol. The first-order chi connectivity index (χ1) is 8.22. The van der Waals surface area contributed by atoms with Gasteiger partial charge in [0.05, 0.1) is 5.75 Å². The monoisotopic (exact) mass is 280 g/mol. The molecular weight excluding hydrogens is 260 g/mol. The molecule has 0 spiro atoms. The number of hydrogen-bond donors (Lipinski definition) is 3. The highest BCUT2D eigenvalue weighted by atomic mass is 32.2. The summed E-state index contributed by atoms with van der Waals surface area (Å²) in [5.74, 6) is -1.52. The number of nitrogens with one attached hydrogen (secondary N) is 1. The molecule has 18 heavy (non-hydrogen) atoms. The van der Waals surface area contributed by atoms with Gasteiger partial charge in [0.15, 0.2) is 0 Å². The predicted octanol–water partition coefficient (Wildman–Crippen LogP) is -0.880. The van der Waals surface area contributed by atoms with Crippen molar-refractivity contribution in [1.82, 2.24) is 5.32 Å². The molecule has 106 valence electrons. The van der Waals surface area contributed by atoms with E-state index in [4.69, 9.17) is 10.8 Å². The zero-order valence-corrected chi connectivity index (χ0v) is 11.2. The van der Waals surface area contributed by atoms with Crippen LogP contribution in [0.1, 0.15) is 25.7 Å². The average molecular weight is 280 g/mol. The van der Waals surface area contributed by atoms with Gasteiger partial charge in [-0.3, -0.25) is 9.59 Å². The van der Waals surface area contributed by atoms with Gasteiger partial charge in [-0.05, 0) is 19.3 Å². The Bertz CT molecular complexity index is 380. The number of aliphatic carboxylic acids is 1. The zero-order valence-electron chi connectivity index (χ0n) is 10.4. The Balaban J connectivity index is 3.55. The molecule has 0 aliphatic heterocycles. The molecule has 1 atom stereocenters. The zero-order chi connectivity index (χ0) is 14.2. The minimum Gasteiger partial charge on any atom is -0.480 e. The highest BCUT2D eigenvalue weighted by molar-refractivity contribution is 7.90. The maximum atomic E-state index is 11.2. The molecule has 0 saturated heterocycles. The first kappa shape index (κ1) is 16.9. The van der Waals surface area contributed by atoms with E-state index in [1.165, 1.54) is 0 Å². The molecule has 0 aromatic heterocycles. The summed E-state index contributed by atoms with van der Waals surface area (Å²) in [6.45, 7) is 0.398. The average Bonchev–Trinajstić information content (AvgIpc) is 2.24. The summed E-state index contributed by atoms with van der Waals surface area (Å²) in [4.78, 5) is 21.6. The van der Waals surface area contributed by atoms with E-state index >= 15 is 0 Å². The first-order valence-electron chi connectivity index (χ1n) is 5.65. The maximum absolute atomic E-state index is 11.2. The number of rotatable bonds is 9. The molecule has 0 aromatic carbocycles. The van der Waals surface area contributed by atoms with Crippen molar-refractivity contribution in [3.63, 3.8) is 0 Å². The fourth-order valence-electron chi connectivity index (χ4n) is 1.21. The minimum absolute atomic E-state index is 0.0481. The number of nitrogens with two attached hydrogens (primary N) is 1. The molecule has 0 aliphatic rings. The number of sulfone groups is 1. The molecule has 0 aromatic rings. The lowest BCUT2D eigenvalue weighted by Crippen LogP contribution is -2.30. The van der Waals surface area contributed by atoms with E-state index in [1.807, 2.05) is 0 Å². The Kier molecular flexibility index (Phi) is 7.53. The summed E-state index contributed by atoms with van der Waals surface area (Å²) in [6, 6.07) is -0.870. The molecule has 0 saturated carbocycles. The van der Waals surface area contributed by atoms with Crippen molar-refractivity contribution in [2.24, 2.45) is 5.73 Å². The molecule has 0 fully saturated rings. The van der Waals surface area contributed by atoms with Crippen LogP contribution in [-0.4, -0.2) is 50.0 Å². The van der Waals surface area contributed by atoms with Crippen LogP contribution in [0.5, 0.6) is 0 Å². The minimum atomic E-state index is -3.12. The van der Waals surface area contributed by atoms with Gasteiger partial charge in [0, 0.05) is 19.2 Å². The Morgan fingerprint density at radius 2 is 1.94 bits per heavy atom. The molecule has 4 N–H and O–H groups in total. The summed E-state index contributed by atoms with van der Waals surface area (Å²) >= 11 is 0. The van der Waals surface area contributed by atoms with E-state index in [2.05, 4.69) is 5.32 Å². The lowest BCUT2D eigenvalue weighted by molar-refractivity contribution is -0.138. The van der Waals surface area contributed by atoms with Crippen molar-refractivity contribution in [3.8, 4) is 0 Å². The lowest BCUT2D eigenvalue weighted by atomic mass is 10.1. The summed E-state index contributed by atoms with van der Waals surface area (Å²) in [5.41, 5.74) is 5.30. The standard InChI is InChI=1S/C10H20N2O5S/c1-18(16,17)7-5-9(13)12-6-3-2-4-8(11)10(14)15/h8H,2-7,11H2,1H3,(H,12,13)(H,14,15)/t8-/m1/s1. The maximum Gasteiger partial charge on any atom is 0.320 e. The molecule has 0 rings (SSSR count). The van der Waals surface area contributed by atoms with E-state index < -0.39 is 21.8 Å². The van der Waals surface area contributed by atoms with Crippen LogP contribution >= 0.6 is 0 Å². The second-order valence-corrected chi connectivity index (χ2v) is 6.43. The van der Waals surface area contributed by atoms with Crippen LogP contribution in [0.3, 0.4) is 0 Å². The van der Waals surface area contributed by atoms with Gasteiger partial charge in [-0.1, -0.05) is 0 Å². The Labute approximate surface area is 107 Å². The van der Waals surface area contributed by atoms with Crippen molar-refractivity contribution >= 4 is 21.7 Å². The van der Waals surface area contributed by atoms with E-state index in [1.54, 1.807) is 0 Å². The van der Waals surface area contributed by atoms with Crippen LogP contribution in [0.2, 0.25) is 0 Å². The number of unbranched alkanes of at least 4 members (excludes halogenated alkanes) is 1. The van der Waals surface area contributed by atoms with Gasteiger partial charge >= 0.3 is 5.97 Å². The van der Waals surface area contributed by atoms with Gasteiger partial charge in [0.25, 0.3) is 0 Å². The molecule has 0 unspecified atom stereocenters. The smallest absolute Gasteiger partial charge is 0.320 e. The summed E-state index contributed by atoms with van der Waals surface area (Å²) in [7, 11) is -3.12. The third-order valence-electron chi connectivity index (χ3n) is 2.28. The van der Waals surface area contributed by atoms with Crippen LogP contribution in [0.4, 0.5) is 0 Å². The highest BCUT2D eigenvalue weighted by Gasteiger charge is 2.10. The normalized spacial score (nSPS) is 13.0. The number of carbonyl (C=O) groups is 2. The lowest BCUT2D eigenvalue weighted by Gasteiger charge is -2.07. The van der Waals surface area contributed by atoms with Gasteiger partial charge in [-0.2, -0.15) is 0 Å². The molecular formula is C10H20N2O5S. The van der Waals surface area contributed by atoms with Gasteiger partial charge in [0.1, 0.15) is 15.9 Å². The quantitative estimate of drug-likeness (QED) is 0.471. The molecule has 0 aliphatic carbocycles. The Morgan fingerprint density at radius 3 is 2.44 bits per heavy atom. The van der Waals surface area contributed by atoms with Crippen molar-refractivity contribution < 1.29 is 23.1 Å². The number of carboxylic acid groups (broad SMARTS) is 1. The van der Waals surface area contributed by atoms with Crippen LogP contribution in [0.15, 0.2) is 0 Å². The van der Waals surface area contributed by atoms with Crippen molar-refractivity contribution in [1.29, 1.82) is 0 Å². The Hall–Kier alpha value is -1.15. The first-order valence-corrected chi connectivity index (χ1v) is 7.71. The van der Waals surface area contributed by atoms with Crippen LogP contribution in [-0.2, 0) is 19.4 Å². The second-order valence-electron chi connectivity index (χ2n) is 4.17. The van der Waals surface area contributed by atoms with E-state index in [0.717, 1.165) is 6.26 Å². The molecule has 8 heteroatoms. The topological polar surface area (TPSA) is 127 Å². The van der Waals surface area contributed by atoms with Gasteiger partial charge in [-0.15, -0.1) is 0 Å². The van der Waals surface area contributed by atoms with Gasteiger partial charge < -0.3 is 16.2 Å². The third kappa shape index (κ3) is 10.0. The van der Waals surface area contributed by atoms with Gasteiger partial charge in [0.2, 0.25) is 5.91 Å². The molecule has 0 radical (unpaired) electrons. The third-order valence-corrected chi connectivity index (χ3v) is 3.23. The van der Waals surface area contributed by atoms with Crippen LogP contribution in [0.25, 0.3) is 0 Å². The fourth-order valence-corrected chi connectivity index (χ4v) is 1.76. The number of carboxylic acids is 1. The number of carbonyl (C=O) groups excluding carboxylic acids is 1.